The van der Waals surface area contributed by atoms with Crippen LogP contribution in [0.15, 0.2) is 34.5 Å². The molecular weight excluding hydrogens is 312 g/mol. The van der Waals surface area contributed by atoms with Crippen molar-refractivity contribution in [2.24, 2.45) is 0 Å². The predicted molar refractivity (Wildman–Crippen MR) is 81.5 cm³/mol. The van der Waals surface area contributed by atoms with Crippen molar-refractivity contribution in [2.45, 2.75) is 11.3 Å². The van der Waals surface area contributed by atoms with Gasteiger partial charge in [0.15, 0.2) is 5.13 Å². The molecule has 0 fully saturated rings. The van der Waals surface area contributed by atoms with Gasteiger partial charge in [-0.15, -0.1) is 11.3 Å². The van der Waals surface area contributed by atoms with Crippen LogP contribution >= 0.6 is 11.3 Å². The van der Waals surface area contributed by atoms with E-state index in [2.05, 4.69) is 15.0 Å². The van der Waals surface area contributed by atoms with Crippen LogP contribution in [0, 0.1) is 0 Å². The quantitative estimate of drug-likeness (QED) is 0.752. The molecule has 21 heavy (non-hydrogen) atoms. The van der Waals surface area contributed by atoms with E-state index in [1.54, 1.807) is 17.5 Å². The largest absolute Gasteiger partial charge is 0.375 e. The number of amides is 1. The van der Waals surface area contributed by atoms with Crippen LogP contribution in [0.4, 0.5) is 10.8 Å². The zero-order valence-corrected chi connectivity index (χ0v) is 12.8. The lowest BCUT2D eigenvalue weighted by atomic mass is 10.3. The molecular formula is C12H14N4O3S2. The van der Waals surface area contributed by atoms with Gasteiger partial charge in [0, 0.05) is 5.38 Å². The van der Waals surface area contributed by atoms with E-state index in [9.17, 15) is 13.2 Å². The van der Waals surface area contributed by atoms with Gasteiger partial charge in [-0.25, -0.2) is 18.1 Å². The zero-order chi connectivity index (χ0) is 15.5. The molecule has 0 aliphatic rings. The second kappa shape index (κ2) is 6.20. The molecule has 1 aromatic carbocycles. The number of nitrogens with one attached hydrogen (secondary N) is 2. The number of sulfonamides is 1. The number of para-hydroxylation sites is 1. The first kappa shape index (κ1) is 15.4. The highest BCUT2D eigenvalue weighted by atomic mass is 32.2. The fourth-order valence-corrected chi connectivity index (χ4v) is 3.13. The van der Waals surface area contributed by atoms with Gasteiger partial charge in [0.25, 0.3) is 0 Å². The zero-order valence-electron chi connectivity index (χ0n) is 11.2. The maximum atomic E-state index is 12.0. The third-order valence-corrected chi connectivity index (χ3v) is 4.83. The lowest BCUT2D eigenvalue weighted by Crippen LogP contribution is -2.22. The number of nitrogen functional groups attached to an aromatic ring is 1. The van der Waals surface area contributed by atoms with E-state index in [0.717, 1.165) is 0 Å². The van der Waals surface area contributed by atoms with Crippen LogP contribution in [0.25, 0.3) is 0 Å². The number of benzene rings is 1. The molecule has 1 amide bonds. The molecule has 1 heterocycles. The summed E-state index contributed by atoms with van der Waals surface area (Å²) in [5, 5.41) is 4.65. The molecule has 7 nitrogen and oxygen atoms in total. The van der Waals surface area contributed by atoms with E-state index in [-0.39, 0.29) is 22.9 Å². The Hall–Kier alpha value is -1.97. The monoisotopic (exact) mass is 326 g/mol. The van der Waals surface area contributed by atoms with Crippen molar-refractivity contribution in [3.8, 4) is 0 Å². The molecule has 0 aliphatic heterocycles. The van der Waals surface area contributed by atoms with Gasteiger partial charge in [0.05, 0.1) is 17.8 Å². The first-order valence-corrected chi connectivity index (χ1v) is 8.31. The average molecular weight is 326 g/mol. The highest BCUT2D eigenvalue weighted by molar-refractivity contribution is 7.89. The van der Waals surface area contributed by atoms with E-state index in [0.29, 0.717) is 10.8 Å². The Morgan fingerprint density at radius 2 is 2.10 bits per heavy atom. The summed E-state index contributed by atoms with van der Waals surface area (Å²) in [4.78, 5) is 16.0. The fraction of sp³-hybridized carbons (Fsp3) is 0.167. The molecule has 112 valence electrons. The van der Waals surface area contributed by atoms with Crippen LogP contribution in [-0.4, -0.2) is 26.4 Å². The fourth-order valence-electron chi connectivity index (χ4n) is 1.68. The van der Waals surface area contributed by atoms with E-state index in [1.165, 1.54) is 30.5 Å². The van der Waals surface area contributed by atoms with Crippen molar-refractivity contribution in [1.29, 1.82) is 0 Å². The van der Waals surface area contributed by atoms with Gasteiger partial charge in [-0.1, -0.05) is 12.1 Å². The Morgan fingerprint density at radius 1 is 1.38 bits per heavy atom. The maximum absolute atomic E-state index is 12.0. The van der Waals surface area contributed by atoms with Crippen LogP contribution in [0.3, 0.4) is 0 Å². The van der Waals surface area contributed by atoms with Gasteiger partial charge in [-0.2, -0.15) is 0 Å². The number of carbonyl (C=O) groups excluding carboxylic acids is 1. The van der Waals surface area contributed by atoms with Crippen molar-refractivity contribution in [2.75, 3.05) is 18.1 Å². The molecule has 0 radical (unpaired) electrons. The van der Waals surface area contributed by atoms with Gasteiger partial charge in [0.2, 0.25) is 15.9 Å². The lowest BCUT2D eigenvalue weighted by Gasteiger charge is -2.10. The van der Waals surface area contributed by atoms with Gasteiger partial charge >= 0.3 is 0 Å². The summed E-state index contributed by atoms with van der Waals surface area (Å²) in [5.74, 6) is -0.362. The van der Waals surface area contributed by atoms with Crippen molar-refractivity contribution in [1.82, 2.24) is 9.71 Å². The Bertz CT molecular complexity index is 755. The van der Waals surface area contributed by atoms with Crippen LogP contribution in [-0.2, 0) is 21.2 Å². The molecule has 9 heteroatoms. The number of aromatic nitrogens is 1. The van der Waals surface area contributed by atoms with Crippen molar-refractivity contribution in [3.05, 3.63) is 35.3 Å². The number of rotatable bonds is 5. The second-order valence-electron chi connectivity index (χ2n) is 4.11. The predicted octanol–water partition coefficient (Wildman–Crippen LogP) is 0.815. The first-order valence-electron chi connectivity index (χ1n) is 5.94. The molecule has 0 atom stereocenters. The Balaban J connectivity index is 2.18. The molecule has 0 unspecified atom stereocenters. The number of nitrogens with two attached hydrogens (primary N) is 1. The summed E-state index contributed by atoms with van der Waals surface area (Å²) < 4.78 is 26.0. The van der Waals surface area contributed by atoms with E-state index >= 15 is 0 Å². The minimum atomic E-state index is -3.64. The van der Waals surface area contributed by atoms with Crippen LogP contribution < -0.4 is 15.8 Å². The summed E-state index contributed by atoms with van der Waals surface area (Å²) in [6.45, 7) is 0. The highest BCUT2D eigenvalue weighted by Gasteiger charge is 2.17. The minimum Gasteiger partial charge on any atom is -0.375 e. The summed E-state index contributed by atoms with van der Waals surface area (Å²) in [7, 11) is -2.33. The van der Waals surface area contributed by atoms with E-state index < -0.39 is 10.0 Å². The number of hydrogen-bond acceptors (Lipinski definition) is 6. The normalized spacial score (nSPS) is 11.3. The standard InChI is InChI=1S/C12H14N4O3S2/c1-14-21(18,19)10-5-3-2-4-9(10)16-11(17)6-8-7-20-12(13)15-8/h2-5,7,14H,6H2,1H3,(H2,13,15)(H,16,17). The van der Waals surface area contributed by atoms with Crippen molar-refractivity contribution in [3.63, 3.8) is 0 Å². The summed E-state index contributed by atoms with van der Waals surface area (Å²) >= 11 is 1.24. The topological polar surface area (TPSA) is 114 Å². The molecule has 2 rings (SSSR count). The molecule has 0 aliphatic carbocycles. The molecule has 4 N–H and O–H groups in total. The van der Waals surface area contributed by atoms with Gasteiger partial charge in [0.1, 0.15) is 4.90 Å². The van der Waals surface area contributed by atoms with Crippen molar-refractivity contribution >= 4 is 38.1 Å². The second-order valence-corrected chi connectivity index (χ2v) is 6.85. The third-order valence-electron chi connectivity index (χ3n) is 2.63. The molecule has 2 aromatic rings. The van der Waals surface area contributed by atoms with Gasteiger partial charge < -0.3 is 11.1 Å². The summed E-state index contributed by atoms with van der Waals surface area (Å²) in [6.07, 6.45) is 0.0294. The van der Waals surface area contributed by atoms with Gasteiger partial charge in [-0.05, 0) is 19.2 Å². The summed E-state index contributed by atoms with van der Waals surface area (Å²) in [6, 6.07) is 6.17. The number of nitrogens with zero attached hydrogens (tertiary/aromatic N) is 1. The Kier molecular flexibility index (Phi) is 4.56. The third kappa shape index (κ3) is 3.78. The lowest BCUT2D eigenvalue weighted by molar-refractivity contribution is -0.115. The van der Waals surface area contributed by atoms with E-state index in [1.807, 2.05) is 0 Å². The molecule has 0 bridgehead atoms. The number of anilines is 2. The SMILES string of the molecule is CNS(=O)(=O)c1ccccc1NC(=O)Cc1csc(N)n1. The first-order chi connectivity index (χ1) is 9.92. The van der Waals surface area contributed by atoms with Crippen LogP contribution in [0.1, 0.15) is 5.69 Å². The molecule has 0 saturated carbocycles. The highest BCUT2D eigenvalue weighted by Crippen LogP contribution is 2.20. The van der Waals surface area contributed by atoms with E-state index in [4.69, 9.17) is 5.73 Å². The van der Waals surface area contributed by atoms with Crippen molar-refractivity contribution < 1.29 is 13.2 Å². The summed E-state index contributed by atoms with van der Waals surface area (Å²) in [5.41, 5.74) is 6.26. The number of hydrogen-bond donors (Lipinski definition) is 3. The Morgan fingerprint density at radius 3 is 2.71 bits per heavy atom. The smallest absolute Gasteiger partial charge is 0.242 e. The number of thiazole rings is 1. The van der Waals surface area contributed by atoms with Crippen LogP contribution in [0.2, 0.25) is 0 Å². The van der Waals surface area contributed by atoms with Gasteiger partial charge in [-0.3, -0.25) is 4.79 Å². The molecule has 1 aromatic heterocycles. The average Bonchev–Trinajstić information content (AvgIpc) is 2.84. The number of carbonyl (C=O) groups is 1. The minimum absolute atomic E-state index is 0.0126. The molecule has 0 spiro atoms. The maximum Gasteiger partial charge on any atom is 0.242 e. The molecule has 0 saturated heterocycles. The Labute approximate surface area is 126 Å². The van der Waals surface area contributed by atoms with Crippen LogP contribution in [0.5, 0.6) is 0 Å².